The second kappa shape index (κ2) is 6.34. The molecule has 1 unspecified atom stereocenters. The lowest BCUT2D eigenvalue weighted by molar-refractivity contribution is 0.201. The summed E-state index contributed by atoms with van der Waals surface area (Å²) in [6, 6.07) is 15.3. The van der Waals surface area contributed by atoms with Crippen LogP contribution in [-0.4, -0.2) is 25.4 Å². The fourth-order valence-electron chi connectivity index (χ4n) is 2.86. The molecule has 1 heterocycles. The maximum atomic E-state index is 12.8. The van der Waals surface area contributed by atoms with Gasteiger partial charge in [-0.1, -0.05) is 48.0 Å². The number of ether oxygens (including phenoxy) is 1. The molecule has 0 aromatic heterocycles. The Labute approximate surface area is 137 Å². The van der Waals surface area contributed by atoms with Gasteiger partial charge in [-0.25, -0.2) is 8.42 Å². The van der Waals surface area contributed by atoms with Crippen LogP contribution in [0.15, 0.2) is 48.5 Å². The molecule has 122 valence electrons. The summed E-state index contributed by atoms with van der Waals surface area (Å²) < 4.78 is 33.1. The third kappa shape index (κ3) is 3.74. The molecule has 0 bridgehead atoms. The molecule has 1 aliphatic rings. The van der Waals surface area contributed by atoms with Crippen molar-refractivity contribution in [1.29, 1.82) is 0 Å². The summed E-state index contributed by atoms with van der Waals surface area (Å²) in [5, 5.41) is 0. The highest BCUT2D eigenvalue weighted by Crippen LogP contribution is 2.27. The van der Waals surface area contributed by atoms with Crippen molar-refractivity contribution >= 4 is 10.0 Å². The third-order valence-electron chi connectivity index (χ3n) is 3.93. The highest BCUT2D eigenvalue weighted by molar-refractivity contribution is 7.88. The van der Waals surface area contributed by atoms with E-state index >= 15 is 0 Å². The zero-order valence-electron chi connectivity index (χ0n) is 13.4. The second-order valence-corrected chi connectivity index (χ2v) is 8.04. The Balaban J connectivity index is 1.87. The molecule has 0 aliphatic carbocycles. The SMILES string of the molecule is Cc1cccc(CS(=O)(=O)N2Cc3ccccc3OC(C)C2)c1. The topological polar surface area (TPSA) is 46.6 Å². The number of benzene rings is 2. The van der Waals surface area contributed by atoms with Crippen molar-refractivity contribution in [3.05, 3.63) is 65.2 Å². The molecule has 23 heavy (non-hydrogen) atoms. The van der Waals surface area contributed by atoms with Crippen LogP contribution in [0.25, 0.3) is 0 Å². The van der Waals surface area contributed by atoms with Gasteiger partial charge in [-0.15, -0.1) is 0 Å². The van der Waals surface area contributed by atoms with E-state index in [4.69, 9.17) is 4.74 Å². The highest BCUT2D eigenvalue weighted by atomic mass is 32.2. The lowest BCUT2D eigenvalue weighted by Crippen LogP contribution is -2.36. The van der Waals surface area contributed by atoms with E-state index in [1.54, 1.807) is 0 Å². The minimum absolute atomic E-state index is 0.0174. The summed E-state index contributed by atoms with van der Waals surface area (Å²) in [6.45, 7) is 4.59. The summed E-state index contributed by atoms with van der Waals surface area (Å²) in [6.07, 6.45) is -0.175. The Morgan fingerprint density at radius 3 is 2.74 bits per heavy atom. The smallest absolute Gasteiger partial charge is 0.218 e. The van der Waals surface area contributed by atoms with Crippen molar-refractivity contribution in [2.45, 2.75) is 32.2 Å². The molecule has 0 saturated carbocycles. The molecule has 2 aromatic carbocycles. The summed E-state index contributed by atoms with van der Waals surface area (Å²) in [4.78, 5) is 0. The maximum Gasteiger partial charge on any atom is 0.218 e. The first kappa shape index (κ1) is 16.0. The normalized spacial score (nSPS) is 18.8. The molecule has 1 atom stereocenters. The molecule has 1 aliphatic heterocycles. The molecular formula is C18H21NO3S. The minimum Gasteiger partial charge on any atom is -0.489 e. The highest BCUT2D eigenvalue weighted by Gasteiger charge is 2.28. The third-order valence-corrected chi connectivity index (χ3v) is 5.70. The molecular weight excluding hydrogens is 310 g/mol. The number of sulfonamides is 1. The van der Waals surface area contributed by atoms with Crippen molar-refractivity contribution in [2.75, 3.05) is 6.54 Å². The Hall–Kier alpha value is -1.85. The van der Waals surface area contributed by atoms with Crippen molar-refractivity contribution in [3.63, 3.8) is 0 Å². The lowest BCUT2D eigenvalue weighted by atomic mass is 10.2. The Kier molecular flexibility index (Phi) is 4.41. The first-order valence-electron chi connectivity index (χ1n) is 7.72. The zero-order chi connectivity index (χ0) is 16.4. The van der Waals surface area contributed by atoms with E-state index in [1.807, 2.05) is 62.4 Å². The molecule has 0 amide bonds. The van der Waals surface area contributed by atoms with Gasteiger partial charge in [-0.2, -0.15) is 4.31 Å². The standard InChI is InChI=1S/C18H21NO3S/c1-14-6-5-7-16(10-14)13-23(20,21)19-11-15(2)22-18-9-4-3-8-17(18)12-19/h3-10,15H,11-13H2,1-2H3. The summed E-state index contributed by atoms with van der Waals surface area (Å²) in [5.74, 6) is 0.789. The van der Waals surface area contributed by atoms with Crippen LogP contribution >= 0.6 is 0 Å². The predicted octanol–water partition coefficient (Wildman–Crippen LogP) is 3.11. The molecule has 0 spiro atoms. The van der Waals surface area contributed by atoms with Crippen LogP contribution in [0.4, 0.5) is 0 Å². The van der Waals surface area contributed by atoms with Crippen LogP contribution < -0.4 is 4.74 Å². The van der Waals surface area contributed by atoms with Gasteiger partial charge in [0.05, 0.1) is 12.3 Å². The number of hydrogen-bond acceptors (Lipinski definition) is 3. The molecule has 0 fully saturated rings. The van der Waals surface area contributed by atoms with Crippen molar-refractivity contribution in [2.24, 2.45) is 0 Å². The molecule has 0 radical (unpaired) electrons. The van der Waals surface area contributed by atoms with E-state index in [9.17, 15) is 8.42 Å². The summed E-state index contributed by atoms with van der Waals surface area (Å²) >= 11 is 0. The first-order chi connectivity index (χ1) is 10.9. The first-order valence-corrected chi connectivity index (χ1v) is 9.33. The number of nitrogens with zero attached hydrogens (tertiary/aromatic N) is 1. The van der Waals surface area contributed by atoms with Crippen LogP contribution in [0.5, 0.6) is 5.75 Å². The van der Waals surface area contributed by atoms with Crippen LogP contribution in [0, 0.1) is 6.92 Å². The Morgan fingerprint density at radius 2 is 1.96 bits per heavy atom. The number of aryl methyl sites for hydroxylation is 1. The molecule has 3 rings (SSSR count). The van der Waals surface area contributed by atoms with Crippen molar-refractivity contribution in [3.8, 4) is 5.75 Å². The molecule has 5 heteroatoms. The zero-order valence-corrected chi connectivity index (χ0v) is 14.2. The number of rotatable bonds is 3. The predicted molar refractivity (Wildman–Crippen MR) is 90.7 cm³/mol. The quantitative estimate of drug-likeness (QED) is 0.868. The van der Waals surface area contributed by atoms with Gasteiger partial charge in [0.2, 0.25) is 10.0 Å². The van der Waals surface area contributed by atoms with Gasteiger partial charge in [0.25, 0.3) is 0 Å². The van der Waals surface area contributed by atoms with Gasteiger partial charge in [-0.05, 0) is 25.5 Å². The number of para-hydroxylation sites is 1. The van der Waals surface area contributed by atoms with Crippen LogP contribution in [0.2, 0.25) is 0 Å². The van der Waals surface area contributed by atoms with Crippen molar-refractivity contribution in [1.82, 2.24) is 4.31 Å². The van der Waals surface area contributed by atoms with Crippen LogP contribution in [0.3, 0.4) is 0 Å². The monoisotopic (exact) mass is 331 g/mol. The largest absolute Gasteiger partial charge is 0.489 e. The van der Waals surface area contributed by atoms with Gasteiger partial charge in [0.15, 0.2) is 0 Å². The maximum absolute atomic E-state index is 12.8. The van der Waals surface area contributed by atoms with Gasteiger partial charge >= 0.3 is 0 Å². The second-order valence-electron chi connectivity index (χ2n) is 6.07. The van der Waals surface area contributed by atoms with Crippen LogP contribution in [0.1, 0.15) is 23.6 Å². The lowest BCUT2D eigenvalue weighted by Gasteiger charge is -2.22. The van der Waals surface area contributed by atoms with E-state index < -0.39 is 10.0 Å². The van der Waals surface area contributed by atoms with Crippen LogP contribution in [-0.2, 0) is 22.3 Å². The fourth-order valence-corrected chi connectivity index (χ4v) is 4.42. The van der Waals surface area contributed by atoms with E-state index in [-0.39, 0.29) is 11.9 Å². The van der Waals surface area contributed by atoms with E-state index in [2.05, 4.69) is 0 Å². The van der Waals surface area contributed by atoms with E-state index in [0.29, 0.717) is 13.1 Å². The molecule has 2 aromatic rings. The van der Waals surface area contributed by atoms with Crippen molar-refractivity contribution < 1.29 is 13.2 Å². The van der Waals surface area contributed by atoms with Gasteiger partial charge < -0.3 is 4.74 Å². The fraction of sp³-hybridized carbons (Fsp3) is 0.333. The molecule has 0 saturated heterocycles. The summed E-state index contributed by atoms with van der Waals surface area (Å²) in [7, 11) is -3.40. The molecule has 0 N–H and O–H groups in total. The van der Waals surface area contributed by atoms with E-state index in [1.165, 1.54) is 4.31 Å². The average Bonchev–Trinajstić information content (AvgIpc) is 2.65. The minimum atomic E-state index is -3.40. The van der Waals surface area contributed by atoms with Gasteiger partial charge in [0, 0.05) is 12.1 Å². The summed E-state index contributed by atoms with van der Waals surface area (Å²) in [5.41, 5.74) is 2.79. The number of hydrogen-bond donors (Lipinski definition) is 0. The number of fused-ring (bicyclic) bond motifs is 1. The average molecular weight is 331 g/mol. The van der Waals surface area contributed by atoms with Gasteiger partial charge in [-0.3, -0.25) is 0 Å². The Bertz CT molecular complexity index is 801. The van der Waals surface area contributed by atoms with Gasteiger partial charge in [0.1, 0.15) is 11.9 Å². The molecule has 4 nitrogen and oxygen atoms in total. The van der Waals surface area contributed by atoms with E-state index in [0.717, 1.165) is 22.4 Å². The Morgan fingerprint density at radius 1 is 1.17 bits per heavy atom.